The van der Waals surface area contributed by atoms with Gasteiger partial charge in [-0.1, -0.05) is 30.3 Å². The number of aromatic nitrogens is 2. The summed E-state index contributed by atoms with van der Waals surface area (Å²) >= 11 is 0. The molecule has 2 aromatic rings. The third-order valence-corrected chi connectivity index (χ3v) is 3.84. The maximum atomic E-state index is 12.0. The highest BCUT2D eigenvalue weighted by Crippen LogP contribution is 2.26. The number of nitrogens with one attached hydrogen (secondary N) is 2. The zero-order valence-corrected chi connectivity index (χ0v) is 12.1. The van der Waals surface area contributed by atoms with Crippen LogP contribution in [0.1, 0.15) is 23.6 Å². The van der Waals surface area contributed by atoms with Crippen LogP contribution in [-0.2, 0) is 11.2 Å². The van der Waals surface area contributed by atoms with Gasteiger partial charge in [0.05, 0.1) is 6.42 Å². The Balaban J connectivity index is 1.58. The van der Waals surface area contributed by atoms with Crippen molar-refractivity contribution in [1.29, 1.82) is 5.26 Å². The number of nitrogens with zero attached hydrogens (tertiary/aromatic N) is 3. The molecule has 1 aliphatic heterocycles. The summed E-state index contributed by atoms with van der Waals surface area (Å²) in [5.41, 5.74) is 1.93. The Morgan fingerprint density at radius 3 is 3.00 bits per heavy atom. The monoisotopic (exact) mass is 295 g/mol. The van der Waals surface area contributed by atoms with Gasteiger partial charge in [-0.05, 0) is 12.0 Å². The molecule has 2 heterocycles. The number of hydrogen-bond acceptors (Lipinski definition) is 4. The van der Waals surface area contributed by atoms with E-state index in [0.717, 1.165) is 24.2 Å². The highest BCUT2D eigenvalue weighted by Gasteiger charge is 2.24. The van der Waals surface area contributed by atoms with Crippen molar-refractivity contribution in [1.82, 2.24) is 15.1 Å². The van der Waals surface area contributed by atoms with E-state index in [0.29, 0.717) is 18.8 Å². The van der Waals surface area contributed by atoms with Gasteiger partial charge in [-0.2, -0.15) is 10.4 Å². The third kappa shape index (κ3) is 3.26. The van der Waals surface area contributed by atoms with Crippen molar-refractivity contribution in [3.63, 3.8) is 0 Å². The Kier molecular flexibility index (Phi) is 4.05. The lowest BCUT2D eigenvalue weighted by molar-refractivity contribution is -0.115. The molecule has 1 amide bonds. The van der Waals surface area contributed by atoms with E-state index < -0.39 is 0 Å². The summed E-state index contributed by atoms with van der Waals surface area (Å²) in [7, 11) is 0. The summed E-state index contributed by atoms with van der Waals surface area (Å²) in [6.07, 6.45) is 3.41. The van der Waals surface area contributed by atoms with E-state index in [-0.39, 0.29) is 11.8 Å². The second kappa shape index (κ2) is 6.31. The summed E-state index contributed by atoms with van der Waals surface area (Å²) in [5, 5.41) is 18.8. The SMILES string of the molecule is N#CN1CCC(c2cc(NC(=O)Cc3ccccc3)n[nH]2)C1. The van der Waals surface area contributed by atoms with Crippen LogP contribution in [0.25, 0.3) is 0 Å². The van der Waals surface area contributed by atoms with Crippen molar-refractivity contribution in [2.24, 2.45) is 0 Å². The topological polar surface area (TPSA) is 84.8 Å². The van der Waals surface area contributed by atoms with Crippen molar-refractivity contribution in [3.05, 3.63) is 47.7 Å². The van der Waals surface area contributed by atoms with Crippen LogP contribution in [0, 0.1) is 11.5 Å². The molecule has 1 aromatic heterocycles. The average Bonchev–Trinajstić information content (AvgIpc) is 3.16. The molecule has 112 valence electrons. The van der Waals surface area contributed by atoms with Crippen molar-refractivity contribution < 1.29 is 4.79 Å². The maximum Gasteiger partial charge on any atom is 0.229 e. The molecule has 22 heavy (non-hydrogen) atoms. The molecule has 0 aliphatic carbocycles. The number of anilines is 1. The van der Waals surface area contributed by atoms with Crippen LogP contribution in [0.2, 0.25) is 0 Å². The Morgan fingerprint density at radius 1 is 1.45 bits per heavy atom. The number of nitriles is 1. The molecular weight excluding hydrogens is 278 g/mol. The van der Waals surface area contributed by atoms with Gasteiger partial charge in [-0.3, -0.25) is 9.89 Å². The van der Waals surface area contributed by atoms with E-state index in [2.05, 4.69) is 21.7 Å². The van der Waals surface area contributed by atoms with Gasteiger partial charge in [0.15, 0.2) is 12.0 Å². The molecule has 2 N–H and O–H groups in total. The standard InChI is InChI=1S/C16H17N5O/c17-11-21-7-6-13(10-21)14-9-15(20-19-14)18-16(22)8-12-4-2-1-3-5-12/h1-5,9,13H,6-8,10H2,(H2,18,19,20,22). The molecule has 0 bridgehead atoms. The van der Waals surface area contributed by atoms with Crippen LogP contribution in [0.3, 0.4) is 0 Å². The fourth-order valence-electron chi connectivity index (χ4n) is 2.68. The average molecular weight is 295 g/mol. The van der Waals surface area contributed by atoms with Crippen LogP contribution in [-0.4, -0.2) is 34.1 Å². The molecule has 0 radical (unpaired) electrons. The summed E-state index contributed by atoms with van der Waals surface area (Å²) in [6, 6.07) is 11.4. The molecule has 1 saturated heterocycles. The van der Waals surface area contributed by atoms with Gasteiger partial charge in [0.1, 0.15) is 0 Å². The predicted molar refractivity (Wildman–Crippen MR) is 81.9 cm³/mol. The minimum atomic E-state index is -0.0886. The largest absolute Gasteiger partial charge is 0.310 e. The molecule has 6 nitrogen and oxygen atoms in total. The van der Waals surface area contributed by atoms with Crippen molar-refractivity contribution in [3.8, 4) is 6.19 Å². The van der Waals surface area contributed by atoms with E-state index in [1.807, 2.05) is 36.4 Å². The van der Waals surface area contributed by atoms with Gasteiger partial charge in [0.2, 0.25) is 5.91 Å². The van der Waals surface area contributed by atoms with Crippen LogP contribution in [0.5, 0.6) is 0 Å². The Hall–Kier alpha value is -2.81. The third-order valence-electron chi connectivity index (χ3n) is 3.84. The minimum Gasteiger partial charge on any atom is -0.310 e. The van der Waals surface area contributed by atoms with Crippen molar-refractivity contribution in [2.45, 2.75) is 18.8 Å². The van der Waals surface area contributed by atoms with Gasteiger partial charge in [0, 0.05) is 30.8 Å². The van der Waals surface area contributed by atoms with E-state index in [1.165, 1.54) is 0 Å². The Bertz CT molecular complexity index is 688. The van der Waals surface area contributed by atoms with E-state index >= 15 is 0 Å². The highest BCUT2D eigenvalue weighted by atomic mass is 16.1. The molecule has 0 spiro atoms. The predicted octanol–water partition coefficient (Wildman–Crippen LogP) is 1.86. The first kappa shape index (κ1) is 14.1. The second-order valence-electron chi connectivity index (χ2n) is 5.45. The summed E-state index contributed by atoms with van der Waals surface area (Å²) in [4.78, 5) is 13.7. The molecule has 0 saturated carbocycles. The first-order valence-electron chi connectivity index (χ1n) is 7.28. The maximum absolute atomic E-state index is 12.0. The fourth-order valence-corrected chi connectivity index (χ4v) is 2.68. The van der Waals surface area contributed by atoms with Crippen LogP contribution in [0.15, 0.2) is 36.4 Å². The van der Waals surface area contributed by atoms with Crippen molar-refractivity contribution in [2.75, 3.05) is 18.4 Å². The van der Waals surface area contributed by atoms with Gasteiger partial charge in [0.25, 0.3) is 0 Å². The molecule has 1 fully saturated rings. The minimum absolute atomic E-state index is 0.0886. The number of carbonyl (C=O) groups is 1. The number of hydrogen-bond donors (Lipinski definition) is 2. The number of rotatable bonds is 4. The summed E-state index contributed by atoms with van der Waals surface area (Å²) < 4.78 is 0. The van der Waals surface area contributed by atoms with Crippen molar-refractivity contribution >= 4 is 11.7 Å². The van der Waals surface area contributed by atoms with Crippen LogP contribution >= 0.6 is 0 Å². The van der Waals surface area contributed by atoms with Crippen LogP contribution in [0.4, 0.5) is 5.82 Å². The fraction of sp³-hybridized carbons (Fsp3) is 0.312. The second-order valence-corrected chi connectivity index (χ2v) is 5.45. The first-order valence-corrected chi connectivity index (χ1v) is 7.28. The molecule has 3 rings (SSSR count). The Morgan fingerprint density at radius 2 is 2.27 bits per heavy atom. The molecule has 1 unspecified atom stereocenters. The number of likely N-dealkylation sites (tertiary alicyclic amines) is 1. The normalized spacial score (nSPS) is 17.2. The summed E-state index contributed by atoms with van der Waals surface area (Å²) in [6.45, 7) is 1.48. The van der Waals surface area contributed by atoms with E-state index in [1.54, 1.807) is 4.90 Å². The van der Waals surface area contributed by atoms with Gasteiger partial charge in [-0.25, -0.2) is 0 Å². The zero-order valence-electron chi connectivity index (χ0n) is 12.1. The van der Waals surface area contributed by atoms with Gasteiger partial charge in [-0.15, -0.1) is 0 Å². The van der Waals surface area contributed by atoms with Crippen LogP contribution < -0.4 is 5.32 Å². The number of benzene rings is 1. The number of amides is 1. The lowest BCUT2D eigenvalue weighted by Gasteiger charge is -2.06. The zero-order chi connectivity index (χ0) is 15.4. The smallest absolute Gasteiger partial charge is 0.229 e. The molecule has 1 aromatic carbocycles. The number of H-pyrrole nitrogens is 1. The summed E-state index contributed by atoms with van der Waals surface area (Å²) in [5.74, 6) is 0.715. The lowest BCUT2D eigenvalue weighted by atomic mass is 10.1. The highest BCUT2D eigenvalue weighted by molar-refractivity contribution is 5.91. The molecule has 1 atom stereocenters. The Labute approximate surface area is 128 Å². The van der Waals surface area contributed by atoms with Gasteiger partial charge >= 0.3 is 0 Å². The quantitative estimate of drug-likeness (QED) is 0.843. The van der Waals surface area contributed by atoms with E-state index in [9.17, 15) is 4.79 Å². The van der Waals surface area contributed by atoms with Gasteiger partial charge < -0.3 is 10.2 Å². The van der Waals surface area contributed by atoms with E-state index in [4.69, 9.17) is 5.26 Å². The lowest BCUT2D eigenvalue weighted by Crippen LogP contribution is -2.14. The number of aromatic amines is 1. The molecule has 1 aliphatic rings. The molecule has 6 heteroatoms. The first-order chi connectivity index (χ1) is 10.7. The molecular formula is C16H17N5O. The number of carbonyl (C=O) groups excluding carboxylic acids is 1.